The summed E-state index contributed by atoms with van der Waals surface area (Å²) in [4.78, 5) is 14.3. The summed E-state index contributed by atoms with van der Waals surface area (Å²) in [5.41, 5.74) is 5.76. The smallest absolute Gasteiger partial charge is 0.277 e. The molecule has 2 aromatic carbocycles. The van der Waals surface area contributed by atoms with Gasteiger partial charge >= 0.3 is 0 Å². The summed E-state index contributed by atoms with van der Waals surface area (Å²) in [6.07, 6.45) is 4.13. The first-order chi connectivity index (χ1) is 13.0. The number of carbonyl (C=O) groups is 1. The number of hydrogen-bond donors (Lipinski definition) is 1. The Morgan fingerprint density at radius 3 is 2.70 bits per heavy atom. The molecule has 3 rings (SSSR count). The van der Waals surface area contributed by atoms with Gasteiger partial charge in [0.25, 0.3) is 5.91 Å². The van der Waals surface area contributed by atoms with Crippen LogP contribution in [0.4, 0.5) is 5.69 Å². The first-order valence-corrected chi connectivity index (χ1v) is 9.54. The Morgan fingerprint density at radius 2 is 2.00 bits per heavy atom. The number of halogens is 2. The van der Waals surface area contributed by atoms with E-state index in [2.05, 4.69) is 27.6 Å². The maximum atomic E-state index is 11.9. The summed E-state index contributed by atoms with van der Waals surface area (Å²) in [6, 6.07) is 11.1. The first-order valence-electron chi connectivity index (χ1n) is 8.78. The number of hydrazone groups is 1. The van der Waals surface area contributed by atoms with Crippen LogP contribution in [-0.2, 0) is 4.79 Å². The maximum absolute atomic E-state index is 11.9. The topological polar surface area (TPSA) is 53.9 Å². The third-order valence-electron chi connectivity index (χ3n) is 4.37. The van der Waals surface area contributed by atoms with E-state index in [9.17, 15) is 4.79 Å². The summed E-state index contributed by atoms with van der Waals surface area (Å²) < 4.78 is 5.37. The predicted octanol–water partition coefficient (Wildman–Crippen LogP) is 4.43. The predicted molar refractivity (Wildman–Crippen MR) is 110 cm³/mol. The molecule has 1 aliphatic heterocycles. The van der Waals surface area contributed by atoms with Crippen LogP contribution in [0, 0.1) is 6.92 Å². The zero-order chi connectivity index (χ0) is 19.2. The van der Waals surface area contributed by atoms with E-state index >= 15 is 0 Å². The zero-order valence-corrected chi connectivity index (χ0v) is 16.6. The van der Waals surface area contributed by atoms with Crippen molar-refractivity contribution in [2.75, 3.05) is 24.6 Å². The Labute approximate surface area is 168 Å². The van der Waals surface area contributed by atoms with E-state index in [1.54, 1.807) is 24.4 Å². The van der Waals surface area contributed by atoms with Crippen molar-refractivity contribution >= 4 is 41.0 Å². The van der Waals surface area contributed by atoms with Gasteiger partial charge in [0.2, 0.25) is 0 Å². The van der Waals surface area contributed by atoms with Crippen molar-refractivity contribution in [3.05, 3.63) is 57.6 Å². The molecule has 1 N–H and O–H groups in total. The highest BCUT2D eigenvalue weighted by atomic mass is 35.5. The molecule has 0 aliphatic carbocycles. The van der Waals surface area contributed by atoms with Gasteiger partial charge in [0, 0.05) is 23.8 Å². The molecule has 0 unspecified atom stereocenters. The highest BCUT2D eigenvalue weighted by Gasteiger charge is 2.12. The second-order valence-electron chi connectivity index (χ2n) is 6.39. The SMILES string of the molecule is Cc1cc(N2CCCC2)ccc1C=NNC(=O)COc1ccc(Cl)cc1Cl. The molecular weight excluding hydrogens is 385 g/mol. The van der Waals surface area contributed by atoms with Crippen molar-refractivity contribution < 1.29 is 9.53 Å². The highest BCUT2D eigenvalue weighted by Crippen LogP contribution is 2.27. The standard InChI is InChI=1S/C20H21Cl2N3O2/c1-14-10-17(25-8-2-3-9-25)6-4-15(14)12-23-24-20(26)13-27-19-7-5-16(21)11-18(19)22/h4-7,10-12H,2-3,8-9,13H2,1H3,(H,24,26). The van der Waals surface area contributed by atoms with Crippen molar-refractivity contribution in [1.82, 2.24) is 5.43 Å². The molecule has 5 nitrogen and oxygen atoms in total. The molecule has 0 bridgehead atoms. The van der Waals surface area contributed by atoms with E-state index in [1.165, 1.54) is 18.5 Å². The van der Waals surface area contributed by atoms with Gasteiger partial charge in [-0.25, -0.2) is 5.43 Å². The Hall–Kier alpha value is -2.24. The number of carbonyl (C=O) groups excluding carboxylic acids is 1. The largest absolute Gasteiger partial charge is 0.482 e. The molecule has 0 aromatic heterocycles. The van der Waals surface area contributed by atoms with Crippen molar-refractivity contribution in [3.8, 4) is 5.75 Å². The van der Waals surface area contributed by atoms with Crippen molar-refractivity contribution in [2.24, 2.45) is 5.10 Å². The molecule has 1 amide bonds. The maximum Gasteiger partial charge on any atom is 0.277 e. The quantitative estimate of drug-likeness (QED) is 0.571. The Bertz CT molecular complexity index is 849. The first kappa shape index (κ1) is 19.5. The minimum absolute atomic E-state index is 0.189. The molecule has 27 heavy (non-hydrogen) atoms. The molecule has 0 atom stereocenters. The van der Waals surface area contributed by atoms with E-state index in [1.807, 2.05) is 13.0 Å². The molecule has 142 valence electrons. The van der Waals surface area contributed by atoms with Crippen LogP contribution in [0.5, 0.6) is 5.75 Å². The van der Waals surface area contributed by atoms with Gasteiger partial charge in [-0.1, -0.05) is 29.3 Å². The number of rotatable bonds is 6. The fourth-order valence-electron chi connectivity index (χ4n) is 2.92. The van der Waals surface area contributed by atoms with Gasteiger partial charge in [-0.05, 0) is 61.2 Å². The Morgan fingerprint density at radius 1 is 1.22 bits per heavy atom. The normalized spacial score (nSPS) is 14.0. The van der Waals surface area contributed by atoms with Gasteiger partial charge < -0.3 is 9.64 Å². The molecule has 1 saturated heterocycles. The van der Waals surface area contributed by atoms with E-state index in [0.717, 1.165) is 24.2 Å². The molecule has 1 aliphatic rings. The highest BCUT2D eigenvalue weighted by molar-refractivity contribution is 6.35. The van der Waals surface area contributed by atoms with Crippen LogP contribution in [0.25, 0.3) is 0 Å². The molecule has 0 radical (unpaired) electrons. The number of ether oxygens (including phenoxy) is 1. The minimum Gasteiger partial charge on any atom is -0.482 e. The van der Waals surface area contributed by atoms with Crippen LogP contribution in [0.2, 0.25) is 10.0 Å². The number of nitrogens with one attached hydrogen (secondary N) is 1. The Balaban J connectivity index is 1.51. The average molecular weight is 406 g/mol. The molecule has 1 fully saturated rings. The molecule has 0 saturated carbocycles. The Kier molecular flexibility index (Phi) is 6.58. The second-order valence-corrected chi connectivity index (χ2v) is 7.24. The third-order valence-corrected chi connectivity index (χ3v) is 4.90. The van der Waals surface area contributed by atoms with Crippen LogP contribution in [-0.4, -0.2) is 31.8 Å². The minimum atomic E-state index is -0.372. The zero-order valence-electron chi connectivity index (χ0n) is 15.0. The lowest BCUT2D eigenvalue weighted by Crippen LogP contribution is -2.24. The van der Waals surface area contributed by atoms with Crippen LogP contribution in [0.1, 0.15) is 24.0 Å². The van der Waals surface area contributed by atoms with Gasteiger partial charge in [0.05, 0.1) is 11.2 Å². The van der Waals surface area contributed by atoms with E-state index in [4.69, 9.17) is 27.9 Å². The van der Waals surface area contributed by atoms with E-state index in [0.29, 0.717) is 15.8 Å². The second kappa shape index (κ2) is 9.11. The van der Waals surface area contributed by atoms with Crippen molar-refractivity contribution in [2.45, 2.75) is 19.8 Å². The fourth-order valence-corrected chi connectivity index (χ4v) is 3.38. The number of hydrogen-bond acceptors (Lipinski definition) is 4. The van der Waals surface area contributed by atoms with Gasteiger partial charge in [0.1, 0.15) is 5.75 Å². The van der Waals surface area contributed by atoms with Crippen molar-refractivity contribution in [1.29, 1.82) is 0 Å². The molecular formula is C20H21Cl2N3O2. The van der Waals surface area contributed by atoms with Gasteiger partial charge in [0.15, 0.2) is 6.61 Å². The monoisotopic (exact) mass is 405 g/mol. The van der Waals surface area contributed by atoms with Crippen LogP contribution < -0.4 is 15.1 Å². The fraction of sp³-hybridized carbons (Fsp3) is 0.300. The molecule has 1 heterocycles. The number of nitrogens with zero attached hydrogens (tertiary/aromatic N) is 2. The van der Waals surface area contributed by atoms with Crippen LogP contribution >= 0.6 is 23.2 Å². The van der Waals surface area contributed by atoms with Gasteiger partial charge in [-0.3, -0.25) is 4.79 Å². The summed E-state index contributed by atoms with van der Waals surface area (Å²) in [5.74, 6) is 0.0251. The van der Waals surface area contributed by atoms with Crippen molar-refractivity contribution in [3.63, 3.8) is 0 Å². The van der Waals surface area contributed by atoms with Crippen LogP contribution in [0.15, 0.2) is 41.5 Å². The van der Waals surface area contributed by atoms with Gasteiger partial charge in [-0.2, -0.15) is 5.10 Å². The van der Waals surface area contributed by atoms with E-state index in [-0.39, 0.29) is 12.5 Å². The summed E-state index contributed by atoms with van der Waals surface area (Å²) in [5, 5.41) is 4.87. The lowest BCUT2D eigenvalue weighted by Gasteiger charge is -2.18. The number of aryl methyl sites for hydroxylation is 1. The van der Waals surface area contributed by atoms with E-state index < -0.39 is 0 Å². The summed E-state index contributed by atoms with van der Waals surface area (Å²) in [7, 11) is 0. The number of anilines is 1. The average Bonchev–Trinajstić information content (AvgIpc) is 3.17. The van der Waals surface area contributed by atoms with Gasteiger partial charge in [-0.15, -0.1) is 0 Å². The molecule has 2 aromatic rings. The summed E-state index contributed by atoms with van der Waals surface area (Å²) in [6.45, 7) is 4.07. The summed E-state index contributed by atoms with van der Waals surface area (Å²) >= 11 is 11.8. The lowest BCUT2D eigenvalue weighted by atomic mass is 10.1. The number of amides is 1. The number of benzene rings is 2. The molecule has 0 spiro atoms. The van der Waals surface area contributed by atoms with Crippen LogP contribution in [0.3, 0.4) is 0 Å². The molecule has 7 heteroatoms. The lowest BCUT2D eigenvalue weighted by molar-refractivity contribution is -0.123. The third kappa shape index (κ3) is 5.37.